The molecule has 4 aliphatic carbocycles. The van der Waals surface area contributed by atoms with Crippen LogP contribution in [0.15, 0.2) is 12.7 Å². The minimum atomic E-state index is -0.168. The predicted octanol–water partition coefficient (Wildman–Crippen LogP) is 4.39. The number of carbonyl (C=O) groups excluding carboxylic acids is 1. The molecule has 3 heteroatoms. The minimum Gasteiger partial charge on any atom is -0.393 e. The smallest absolute Gasteiger partial charge is 0.136 e. The number of ketones is 1. The van der Waals surface area contributed by atoms with Crippen LogP contribution >= 0.6 is 0 Å². The molecule has 4 aliphatic rings. The van der Waals surface area contributed by atoms with Gasteiger partial charge in [0, 0.05) is 12.5 Å². The Balaban J connectivity index is 1.72. The summed E-state index contributed by atoms with van der Waals surface area (Å²) in [4.78, 5) is 12.9. The Kier molecular flexibility index (Phi) is 4.63. The molecule has 3 nitrogen and oxygen atoms in total. The number of aliphatic hydroxyl groups is 1. The standard InChI is InChI=1S/C23H36O3/c1-5-15-6-7-19-17-13-21(26-4)20-12-16(25)8-10-22(20,3)18(17)9-11-23(15,19)14(2)24/h5,15-21,25H,1,6-13H2,2-4H3/t15?,16-,17-,18+,19+,20-,21-,22-,23+/m1/s1. The molecular formula is C23H36O3. The van der Waals surface area contributed by atoms with Gasteiger partial charge in [-0.3, -0.25) is 4.79 Å². The van der Waals surface area contributed by atoms with Crippen LogP contribution in [0.2, 0.25) is 0 Å². The number of rotatable bonds is 3. The number of methoxy groups -OCH3 is 1. The second-order valence-electron chi connectivity index (χ2n) is 9.98. The molecule has 1 N–H and O–H groups in total. The van der Waals surface area contributed by atoms with E-state index < -0.39 is 0 Å². The molecule has 0 aliphatic heterocycles. The highest BCUT2D eigenvalue weighted by Gasteiger charge is 2.64. The van der Waals surface area contributed by atoms with Gasteiger partial charge in [0.1, 0.15) is 5.78 Å². The van der Waals surface area contributed by atoms with Crippen molar-refractivity contribution in [3.8, 4) is 0 Å². The molecule has 0 aromatic rings. The zero-order chi connectivity index (χ0) is 18.7. The summed E-state index contributed by atoms with van der Waals surface area (Å²) in [5.74, 6) is 2.95. The molecule has 4 saturated carbocycles. The Morgan fingerprint density at radius 1 is 1.12 bits per heavy atom. The first kappa shape index (κ1) is 18.7. The van der Waals surface area contributed by atoms with E-state index in [1.807, 2.05) is 14.0 Å². The van der Waals surface area contributed by atoms with E-state index in [2.05, 4.69) is 19.6 Å². The fourth-order valence-corrected chi connectivity index (χ4v) is 8.25. The van der Waals surface area contributed by atoms with Crippen LogP contribution in [0.4, 0.5) is 0 Å². The highest BCUT2D eigenvalue weighted by atomic mass is 16.5. The lowest BCUT2D eigenvalue weighted by atomic mass is 9.43. The molecule has 1 unspecified atom stereocenters. The summed E-state index contributed by atoms with van der Waals surface area (Å²) in [7, 11) is 1.84. The summed E-state index contributed by atoms with van der Waals surface area (Å²) in [5, 5.41) is 10.3. The molecule has 0 spiro atoms. The number of hydrogen-bond acceptors (Lipinski definition) is 3. The maximum absolute atomic E-state index is 12.9. The first-order chi connectivity index (χ1) is 12.4. The zero-order valence-electron chi connectivity index (χ0n) is 16.7. The fraction of sp³-hybridized carbons (Fsp3) is 0.870. The lowest BCUT2D eigenvalue weighted by Crippen LogP contribution is -2.59. The quantitative estimate of drug-likeness (QED) is 0.760. The molecule has 26 heavy (non-hydrogen) atoms. The molecular weight excluding hydrogens is 324 g/mol. The van der Waals surface area contributed by atoms with Gasteiger partial charge in [-0.05, 0) is 93.3 Å². The number of allylic oxidation sites excluding steroid dienone is 1. The van der Waals surface area contributed by atoms with E-state index >= 15 is 0 Å². The van der Waals surface area contributed by atoms with Crippen molar-refractivity contribution in [2.75, 3.05) is 7.11 Å². The van der Waals surface area contributed by atoms with Crippen LogP contribution in [0.25, 0.3) is 0 Å². The molecule has 9 atom stereocenters. The highest BCUT2D eigenvalue weighted by molar-refractivity contribution is 5.84. The van der Waals surface area contributed by atoms with Crippen molar-refractivity contribution in [3.05, 3.63) is 12.7 Å². The Bertz CT molecular complexity index is 586. The second-order valence-corrected chi connectivity index (χ2v) is 9.98. The third kappa shape index (κ3) is 2.35. The van der Waals surface area contributed by atoms with Crippen molar-refractivity contribution in [1.82, 2.24) is 0 Å². The third-order valence-corrected chi connectivity index (χ3v) is 9.45. The van der Waals surface area contributed by atoms with E-state index in [4.69, 9.17) is 4.74 Å². The van der Waals surface area contributed by atoms with Gasteiger partial charge >= 0.3 is 0 Å². The summed E-state index contributed by atoms with van der Waals surface area (Å²) in [6.07, 6.45) is 10.6. The second kappa shape index (κ2) is 6.44. The topological polar surface area (TPSA) is 46.5 Å². The van der Waals surface area contributed by atoms with Gasteiger partial charge in [0.2, 0.25) is 0 Å². The summed E-state index contributed by atoms with van der Waals surface area (Å²) < 4.78 is 6.00. The van der Waals surface area contributed by atoms with Crippen molar-refractivity contribution in [3.63, 3.8) is 0 Å². The van der Waals surface area contributed by atoms with E-state index in [1.165, 1.54) is 0 Å². The lowest BCUT2D eigenvalue weighted by Gasteiger charge is -2.62. The van der Waals surface area contributed by atoms with E-state index in [0.717, 1.165) is 51.4 Å². The maximum Gasteiger partial charge on any atom is 0.136 e. The van der Waals surface area contributed by atoms with Crippen molar-refractivity contribution in [1.29, 1.82) is 0 Å². The molecule has 0 aromatic carbocycles. The van der Waals surface area contributed by atoms with Crippen molar-refractivity contribution < 1.29 is 14.6 Å². The van der Waals surface area contributed by atoms with Gasteiger partial charge < -0.3 is 9.84 Å². The first-order valence-corrected chi connectivity index (χ1v) is 10.7. The number of hydrogen-bond donors (Lipinski definition) is 1. The van der Waals surface area contributed by atoms with Gasteiger partial charge in [-0.1, -0.05) is 13.0 Å². The Morgan fingerprint density at radius 3 is 2.54 bits per heavy atom. The van der Waals surface area contributed by atoms with Gasteiger partial charge in [-0.15, -0.1) is 6.58 Å². The summed E-state index contributed by atoms with van der Waals surface area (Å²) in [6.45, 7) is 8.37. The molecule has 0 heterocycles. The molecule has 0 saturated heterocycles. The molecule has 4 rings (SSSR count). The lowest BCUT2D eigenvalue weighted by molar-refractivity contribution is -0.182. The van der Waals surface area contributed by atoms with Crippen LogP contribution in [-0.2, 0) is 9.53 Å². The van der Waals surface area contributed by atoms with Gasteiger partial charge in [0.25, 0.3) is 0 Å². The van der Waals surface area contributed by atoms with Gasteiger partial charge in [0.05, 0.1) is 12.2 Å². The van der Waals surface area contributed by atoms with Crippen LogP contribution < -0.4 is 0 Å². The number of carbonyl (C=O) groups is 1. The van der Waals surface area contributed by atoms with Crippen molar-refractivity contribution in [2.45, 2.75) is 77.4 Å². The van der Waals surface area contributed by atoms with E-state index in [9.17, 15) is 9.90 Å². The average Bonchev–Trinajstić information content (AvgIpc) is 3.02. The summed E-state index contributed by atoms with van der Waals surface area (Å²) >= 11 is 0. The van der Waals surface area contributed by atoms with E-state index in [1.54, 1.807) is 0 Å². The summed E-state index contributed by atoms with van der Waals surface area (Å²) in [6, 6.07) is 0. The largest absolute Gasteiger partial charge is 0.393 e. The van der Waals surface area contributed by atoms with Crippen LogP contribution in [0.3, 0.4) is 0 Å². The third-order valence-electron chi connectivity index (χ3n) is 9.45. The molecule has 146 valence electrons. The Morgan fingerprint density at radius 2 is 1.88 bits per heavy atom. The van der Waals surface area contributed by atoms with Crippen molar-refractivity contribution >= 4 is 5.78 Å². The predicted molar refractivity (Wildman–Crippen MR) is 103 cm³/mol. The van der Waals surface area contributed by atoms with Crippen LogP contribution in [0.5, 0.6) is 0 Å². The number of fused-ring (bicyclic) bond motifs is 5. The first-order valence-electron chi connectivity index (χ1n) is 10.7. The van der Waals surface area contributed by atoms with E-state index in [-0.39, 0.29) is 23.0 Å². The molecule has 0 aromatic heterocycles. The molecule has 0 bridgehead atoms. The zero-order valence-corrected chi connectivity index (χ0v) is 16.7. The number of Topliss-reactive ketones (excluding diaryl/α,β-unsaturated/α-hetero) is 1. The monoisotopic (exact) mass is 360 g/mol. The fourth-order valence-electron chi connectivity index (χ4n) is 8.25. The van der Waals surface area contributed by atoms with Gasteiger partial charge in [-0.2, -0.15) is 0 Å². The van der Waals surface area contributed by atoms with Crippen molar-refractivity contribution in [2.24, 2.45) is 40.4 Å². The Hall–Kier alpha value is -0.670. The van der Waals surface area contributed by atoms with Gasteiger partial charge in [-0.25, -0.2) is 0 Å². The minimum absolute atomic E-state index is 0.168. The normalized spacial score (nSPS) is 53.3. The van der Waals surface area contributed by atoms with Crippen LogP contribution in [0.1, 0.15) is 65.2 Å². The summed E-state index contributed by atoms with van der Waals surface area (Å²) in [5.41, 5.74) is 0.0800. The molecule has 0 amide bonds. The van der Waals surface area contributed by atoms with Gasteiger partial charge in [0.15, 0.2) is 0 Å². The molecule has 4 fully saturated rings. The average molecular weight is 361 g/mol. The number of aliphatic hydroxyl groups excluding tert-OH is 1. The van der Waals surface area contributed by atoms with Crippen LogP contribution in [-0.4, -0.2) is 30.2 Å². The highest BCUT2D eigenvalue weighted by Crippen LogP contribution is 2.68. The number of ether oxygens (including phenoxy) is 1. The van der Waals surface area contributed by atoms with E-state index in [0.29, 0.717) is 35.4 Å². The maximum atomic E-state index is 12.9. The van der Waals surface area contributed by atoms with Crippen LogP contribution in [0, 0.1) is 40.4 Å². The molecule has 0 radical (unpaired) electrons. The Labute approximate surface area is 158 Å². The SMILES string of the molecule is C=CC1CC[C@H]2[C@@H]3C[C@@H](OC)[C@H]4C[C@H](O)CC[C@]4(C)[C@H]3CC[C@]12C(C)=O.